The number of hydrogen-bond donors (Lipinski definition) is 1. The fraction of sp³-hybridized carbons (Fsp3) is 0.444. The predicted molar refractivity (Wildman–Crippen MR) is 137 cm³/mol. The number of carbonyl (C=O) groups is 3. The minimum absolute atomic E-state index is 0.0173. The molecule has 2 aromatic rings. The van der Waals surface area contributed by atoms with Crippen molar-refractivity contribution < 1.29 is 19.3 Å². The molecule has 0 aliphatic carbocycles. The minimum atomic E-state index is -1.60. The van der Waals surface area contributed by atoms with Crippen LogP contribution in [0.5, 0.6) is 0 Å². The second-order valence-corrected chi connectivity index (χ2v) is 9.82. The summed E-state index contributed by atoms with van der Waals surface area (Å²) in [4.78, 5) is 55.3. The van der Waals surface area contributed by atoms with Crippen molar-refractivity contribution in [2.24, 2.45) is 5.41 Å². The first kappa shape index (κ1) is 25.3. The van der Waals surface area contributed by atoms with Gasteiger partial charge in [0, 0.05) is 30.8 Å². The van der Waals surface area contributed by atoms with Crippen LogP contribution >= 0.6 is 0 Å². The number of amides is 4. The fourth-order valence-electron chi connectivity index (χ4n) is 5.66. The maximum Gasteiger partial charge on any atom is 0.335 e. The molecule has 1 saturated heterocycles. The first-order valence-electron chi connectivity index (χ1n) is 12.5. The monoisotopic (exact) mass is 492 g/mol. The summed E-state index contributed by atoms with van der Waals surface area (Å²) in [6.45, 7) is 8.41. The van der Waals surface area contributed by atoms with Gasteiger partial charge >= 0.3 is 6.03 Å². The molecule has 36 heavy (non-hydrogen) atoms. The second-order valence-electron chi connectivity index (χ2n) is 9.82. The van der Waals surface area contributed by atoms with E-state index in [4.69, 9.17) is 0 Å². The lowest BCUT2D eigenvalue weighted by atomic mass is 9.67. The van der Waals surface area contributed by atoms with Gasteiger partial charge in [0.05, 0.1) is 16.7 Å². The number of nitrogens with one attached hydrogen (secondary N) is 1. The smallest absolute Gasteiger partial charge is 0.335 e. The van der Waals surface area contributed by atoms with Gasteiger partial charge in [-0.2, -0.15) is 0 Å². The molecule has 0 radical (unpaired) electrons. The van der Waals surface area contributed by atoms with Crippen molar-refractivity contribution in [1.82, 2.24) is 5.32 Å². The van der Waals surface area contributed by atoms with E-state index in [9.17, 15) is 24.5 Å². The summed E-state index contributed by atoms with van der Waals surface area (Å²) >= 11 is 0. The van der Waals surface area contributed by atoms with Gasteiger partial charge in [-0.25, -0.2) is 9.69 Å². The van der Waals surface area contributed by atoms with Crippen LogP contribution in [0.1, 0.15) is 56.2 Å². The molecule has 0 aromatic heterocycles. The van der Waals surface area contributed by atoms with Gasteiger partial charge in [-0.1, -0.05) is 32.8 Å². The zero-order valence-corrected chi connectivity index (χ0v) is 21.2. The first-order valence-corrected chi connectivity index (χ1v) is 12.5. The van der Waals surface area contributed by atoms with E-state index < -0.39 is 34.2 Å². The third kappa shape index (κ3) is 4.12. The Balaban J connectivity index is 1.93. The number of nitro benzene ring substituents is 1. The van der Waals surface area contributed by atoms with E-state index in [0.717, 1.165) is 41.0 Å². The highest BCUT2D eigenvalue weighted by molar-refractivity contribution is 6.30. The number of hydrogen-bond acceptors (Lipinski definition) is 6. The van der Waals surface area contributed by atoms with Gasteiger partial charge in [0.15, 0.2) is 5.41 Å². The SMILES string of the molecule is CCCCN1c2ccc([N+](=O)[O-])cc2CC2(C(=O)NC(=O)N(c3cc(C)cc(C)c3)C2=O)C1CCC. The molecule has 1 fully saturated rings. The van der Waals surface area contributed by atoms with E-state index in [2.05, 4.69) is 17.1 Å². The Labute approximate surface area is 210 Å². The first-order chi connectivity index (χ1) is 17.1. The molecule has 2 aliphatic rings. The maximum absolute atomic E-state index is 14.4. The molecule has 2 aliphatic heterocycles. The summed E-state index contributed by atoms with van der Waals surface area (Å²) in [7, 11) is 0. The molecule has 0 saturated carbocycles. The summed E-state index contributed by atoms with van der Waals surface area (Å²) < 4.78 is 0. The standard InChI is InChI=1S/C27H32N4O5/c1-5-7-11-29-22-10-9-20(31(35)36)15-19(22)16-27(23(29)8-6-2)24(32)28-26(34)30(25(27)33)21-13-17(3)12-18(4)14-21/h9-10,12-15,23H,5-8,11,16H2,1-4H3,(H,28,32,34). The van der Waals surface area contributed by atoms with Crippen molar-refractivity contribution >= 4 is 34.9 Å². The quantitative estimate of drug-likeness (QED) is 0.337. The third-order valence-corrected chi connectivity index (χ3v) is 7.19. The Morgan fingerprint density at radius 3 is 2.36 bits per heavy atom. The molecule has 9 nitrogen and oxygen atoms in total. The van der Waals surface area contributed by atoms with Gasteiger partial charge in [0.25, 0.3) is 11.6 Å². The fourth-order valence-corrected chi connectivity index (χ4v) is 5.66. The number of unbranched alkanes of at least 4 members (excludes halogenated alkanes) is 1. The molecule has 2 atom stereocenters. The minimum Gasteiger partial charge on any atom is -0.367 e. The number of anilines is 2. The van der Waals surface area contributed by atoms with Crippen LogP contribution in [0.4, 0.5) is 21.9 Å². The molecule has 2 heterocycles. The summed E-state index contributed by atoms with van der Waals surface area (Å²) in [6.07, 6.45) is 2.97. The topological polar surface area (TPSA) is 113 Å². The zero-order chi connectivity index (χ0) is 26.2. The van der Waals surface area contributed by atoms with Crippen LogP contribution in [0, 0.1) is 29.4 Å². The van der Waals surface area contributed by atoms with Gasteiger partial charge < -0.3 is 4.90 Å². The normalized spacial score (nSPS) is 21.6. The summed E-state index contributed by atoms with van der Waals surface area (Å²) in [6, 6.07) is 8.80. The number of benzene rings is 2. The van der Waals surface area contributed by atoms with E-state index >= 15 is 0 Å². The number of barbiturate groups is 1. The van der Waals surface area contributed by atoms with Crippen molar-refractivity contribution in [3.05, 3.63) is 63.2 Å². The lowest BCUT2D eigenvalue weighted by Crippen LogP contribution is -2.72. The molecule has 4 amide bonds. The van der Waals surface area contributed by atoms with Gasteiger partial charge in [-0.3, -0.25) is 25.0 Å². The number of nitrogens with zero attached hydrogens (tertiary/aromatic N) is 3. The molecular weight excluding hydrogens is 460 g/mol. The van der Waals surface area contributed by atoms with Crippen molar-refractivity contribution in [1.29, 1.82) is 0 Å². The molecule has 190 valence electrons. The van der Waals surface area contributed by atoms with E-state index in [1.54, 1.807) is 18.2 Å². The molecule has 9 heteroatoms. The van der Waals surface area contributed by atoms with Crippen molar-refractivity contribution in [3.63, 3.8) is 0 Å². The van der Waals surface area contributed by atoms with Crippen LogP contribution in [-0.4, -0.2) is 35.4 Å². The number of non-ortho nitro benzene ring substituents is 1. The Morgan fingerprint density at radius 1 is 1.06 bits per heavy atom. The Kier molecular flexibility index (Phi) is 6.84. The predicted octanol–water partition coefficient (Wildman–Crippen LogP) is 4.81. The average molecular weight is 493 g/mol. The van der Waals surface area contributed by atoms with E-state index in [1.807, 2.05) is 26.8 Å². The summed E-state index contributed by atoms with van der Waals surface area (Å²) in [5.74, 6) is -1.23. The lowest BCUT2D eigenvalue weighted by Gasteiger charge is -2.52. The number of imide groups is 2. The van der Waals surface area contributed by atoms with Gasteiger partial charge in [0.2, 0.25) is 5.91 Å². The Bertz CT molecular complexity index is 1220. The van der Waals surface area contributed by atoms with Crippen LogP contribution in [0.3, 0.4) is 0 Å². The van der Waals surface area contributed by atoms with Crippen LogP contribution in [0.2, 0.25) is 0 Å². The van der Waals surface area contributed by atoms with E-state index in [-0.39, 0.29) is 12.1 Å². The molecule has 2 aromatic carbocycles. The van der Waals surface area contributed by atoms with Crippen LogP contribution in [0.15, 0.2) is 36.4 Å². The number of aryl methyl sites for hydroxylation is 2. The maximum atomic E-state index is 14.4. The number of carbonyl (C=O) groups excluding carboxylic acids is 3. The van der Waals surface area contributed by atoms with Crippen molar-refractivity contribution in [2.45, 2.75) is 65.8 Å². The Morgan fingerprint density at radius 2 is 1.75 bits per heavy atom. The van der Waals surface area contributed by atoms with Gasteiger partial charge in [-0.15, -0.1) is 0 Å². The number of rotatable bonds is 7. The van der Waals surface area contributed by atoms with E-state index in [0.29, 0.717) is 24.2 Å². The average Bonchev–Trinajstić information content (AvgIpc) is 2.81. The van der Waals surface area contributed by atoms with Gasteiger partial charge in [0.1, 0.15) is 0 Å². The summed E-state index contributed by atoms with van der Waals surface area (Å²) in [5.41, 5.74) is 1.84. The van der Waals surface area contributed by atoms with Crippen molar-refractivity contribution in [2.75, 3.05) is 16.3 Å². The number of urea groups is 1. The van der Waals surface area contributed by atoms with Gasteiger partial charge in [-0.05, 0) is 61.6 Å². The van der Waals surface area contributed by atoms with Crippen LogP contribution in [0.25, 0.3) is 0 Å². The highest BCUT2D eigenvalue weighted by atomic mass is 16.6. The number of nitro groups is 1. The molecule has 4 rings (SSSR count). The number of fused-ring (bicyclic) bond motifs is 1. The Hall–Kier alpha value is -3.75. The van der Waals surface area contributed by atoms with Crippen LogP contribution in [-0.2, 0) is 16.0 Å². The molecule has 1 spiro atoms. The summed E-state index contributed by atoms with van der Waals surface area (Å²) in [5, 5.41) is 14.0. The third-order valence-electron chi connectivity index (χ3n) is 7.19. The second kappa shape index (κ2) is 9.72. The highest BCUT2D eigenvalue weighted by Gasteiger charge is 2.62. The largest absolute Gasteiger partial charge is 0.367 e. The zero-order valence-electron chi connectivity index (χ0n) is 21.2. The van der Waals surface area contributed by atoms with E-state index in [1.165, 1.54) is 12.1 Å². The van der Waals surface area contributed by atoms with Crippen LogP contribution < -0.4 is 15.1 Å². The molecule has 2 unspecified atom stereocenters. The molecule has 0 bridgehead atoms. The molecular formula is C27H32N4O5. The highest BCUT2D eigenvalue weighted by Crippen LogP contribution is 2.47. The molecule has 1 N–H and O–H groups in total. The van der Waals surface area contributed by atoms with Crippen molar-refractivity contribution in [3.8, 4) is 0 Å². The lowest BCUT2D eigenvalue weighted by molar-refractivity contribution is -0.384.